The van der Waals surface area contributed by atoms with Gasteiger partial charge in [0.2, 0.25) is 0 Å². The minimum absolute atomic E-state index is 0.0638. The minimum atomic E-state index is -4.46. The van der Waals surface area contributed by atoms with Gasteiger partial charge in [0.1, 0.15) is 11.6 Å². The summed E-state index contributed by atoms with van der Waals surface area (Å²) in [5.41, 5.74) is 8.97. The van der Waals surface area contributed by atoms with Gasteiger partial charge in [-0.05, 0) is 65.9 Å². The van der Waals surface area contributed by atoms with E-state index in [1.807, 2.05) is 25.1 Å². The van der Waals surface area contributed by atoms with Crippen molar-refractivity contribution in [1.29, 1.82) is 0 Å². The van der Waals surface area contributed by atoms with Gasteiger partial charge < -0.3 is 21.1 Å². The van der Waals surface area contributed by atoms with Crippen LogP contribution in [0.3, 0.4) is 0 Å². The number of aromatic nitrogens is 3. The van der Waals surface area contributed by atoms with Gasteiger partial charge >= 0.3 is 18.2 Å². The first-order valence-electron chi connectivity index (χ1n) is 11.8. The van der Waals surface area contributed by atoms with E-state index in [-0.39, 0.29) is 17.4 Å². The van der Waals surface area contributed by atoms with E-state index in [4.69, 9.17) is 10.5 Å². The molecule has 0 fully saturated rings. The number of hydrogen-bond acceptors (Lipinski definition) is 6. The number of ether oxygens (including phenoxy) is 1. The molecule has 0 saturated heterocycles. The summed E-state index contributed by atoms with van der Waals surface area (Å²) in [7, 11) is 0. The number of carbonyl (C=O) groups excluding carboxylic acids is 1. The van der Waals surface area contributed by atoms with Crippen LogP contribution >= 0.6 is 0 Å². The highest BCUT2D eigenvalue weighted by Crippen LogP contribution is 2.32. The van der Waals surface area contributed by atoms with Gasteiger partial charge in [0, 0.05) is 17.4 Å². The van der Waals surface area contributed by atoms with E-state index < -0.39 is 17.8 Å². The highest BCUT2D eigenvalue weighted by Gasteiger charge is 2.31. The molecule has 0 radical (unpaired) electrons. The number of aryl methyl sites for hydroxylation is 2. The highest BCUT2D eigenvalue weighted by molar-refractivity contribution is 6.00. The van der Waals surface area contributed by atoms with Crippen LogP contribution in [0.25, 0.3) is 11.1 Å². The average molecular weight is 523 g/mol. The topological polar surface area (TPSA) is 115 Å². The van der Waals surface area contributed by atoms with Gasteiger partial charge in [-0.2, -0.15) is 13.2 Å². The molecule has 0 aliphatic heterocycles. The number of nitrogens with two attached hydrogens (primary N) is 1. The predicted molar refractivity (Wildman–Crippen MR) is 139 cm³/mol. The lowest BCUT2D eigenvalue weighted by Crippen LogP contribution is -2.20. The maximum atomic E-state index is 13.0. The monoisotopic (exact) mass is 522 g/mol. The average Bonchev–Trinajstić information content (AvgIpc) is 2.90. The smallest absolute Gasteiger partial charge is 0.416 e. The van der Waals surface area contributed by atoms with Gasteiger partial charge in [-0.3, -0.25) is 0 Å². The molecule has 0 bridgehead atoms. The SMILES string of the molecule is CCc1cnc(N)c(-c2ccc(Oc3ncc(NC(=O)Nc4ccc(C(F)(F)F)cc4CC)cn3)cc2)c1. The zero-order chi connectivity index (χ0) is 27.3. The molecule has 0 atom stereocenters. The number of rotatable bonds is 7. The number of carbonyl (C=O) groups is 1. The van der Waals surface area contributed by atoms with Crippen LogP contribution in [0, 0.1) is 0 Å². The fourth-order valence-electron chi connectivity index (χ4n) is 3.65. The van der Waals surface area contributed by atoms with Crippen LogP contribution in [0.2, 0.25) is 0 Å². The molecule has 8 nitrogen and oxygen atoms in total. The summed E-state index contributed by atoms with van der Waals surface area (Å²) in [5, 5.41) is 5.10. The van der Waals surface area contributed by atoms with Crippen LogP contribution in [0.1, 0.15) is 30.5 Å². The van der Waals surface area contributed by atoms with E-state index in [1.165, 1.54) is 18.5 Å². The van der Waals surface area contributed by atoms with Gasteiger partial charge in [0.05, 0.1) is 23.6 Å². The number of alkyl halides is 3. The van der Waals surface area contributed by atoms with Gasteiger partial charge in [0.25, 0.3) is 0 Å². The number of pyridine rings is 1. The molecule has 38 heavy (non-hydrogen) atoms. The Morgan fingerprint density at radius 1 is 0.921 bits per heavy atom. The number of nitrogens with zero attached hydrogens (tertiary/aromatic N) is 3. The first kappa shape index (κ1) is 26.4. The van der Waals surface area contributed by atoms with E-state index >= 15 is 0 Å². The standard InChI is InChI=1S/C27H25F3N6O2/c1-3-16-11-22(24(31)32-13-16)18-5-8-21(9-6-18)38-26-33-14-20(15-34-26)35-25(37)36-23-10-7-19(27(28,29)30)12-17(23)4-2/h5-15H,3-4H2,1-2H3,(H2,31,32)(H2,35,36,37). The molecular formula is C27H25F3N6O2. The molecule has 0 aliphatic carbocycles. The first-order chi connectivity index (χ1) is 18.2. The van der Waals surface area contributed by atoms with E-state index in [0.29, 0.717) is 23.6 Å². The first-order valence-corrected chi connectivity index (χ1v) is 11.8. The van der Waals surface area contributed by atoms with Gasteiger partial charge in [-0.15, -0.1) is 0 Å². The van der Waals surface area contributed by atoms with Crippen molar-refractivity contribution in [3.8, 4) is 22.9 Å². The Morgan fingerprint density at radius 3 is 2.26 bits per heavy atom. The molecule has 4 rings (SSSR count). The maximum absolute atomic E-state index is 13.0. The number of benzene rings is 2. The van der Waals surface area contributed by atoms with Crippen LogP contribution in [-0.4, -0.2) is 21.0 Å². The molecule has 2 aromatic heterocycles. The van der Waals surface area contributed by atoms with E-state index in [1.54, 1.807) is 25.3 Å². The number of anilines is 3. The fraction of sp³-hybridized carbons (Fsp3) is 0.185. The summed E-state index contributed by atoms with van der Waals surface area (Å²) in [6.07, 6.45) is 1.16. The lowest BCUT2D eigenvalue weighted by Gasteiger charge is -2.14. The second kappa shape index (κ2) is 11.2. The number of urea groups is 1. The Morgan fingerprint density at radius 2 is 1.63 bits per heavy atom. The number of nitrogen functional groups attached to an aromatic ring is 1. The van der Waals surface area contributed by atoms with Crippen LogP contribution in [-0.2, 0) is 19.0 Å². The molecule has 2 amide bonds. The van der Waals surface area contributed by atoms with Crippen LogP contribution in [0.5, 0.6) is 11.8 Å². The highest BCUT2D eigenvalue weighted by atomic mass is 19.4. The molecule has 11 heteroatoms. The van der Waals surface area contributed by atoms with E-state index in [2.05, 4.69) is 25.6 Å². The number of halogens is 3. The molecule has 0 saturated carbocycles. The Labute approximate surface area is 217 Å². The Hall–Kier alpha value is -4.67. The van der Waals surface area contributed by atoms with Crippen molar-refractivity contribution in [2.24, 2.45) is 0 Å². The Bertz CT molecular complexity index is 1420. The van der Waals surface area contributed by atoms with Crippen molar-refractivity contribution in [3.63, 3.8) is 0 Å². The normalized spacial score (nSPS) is 11.2. The summed E-state index contributed by atoms with van der Waals surface area (Å²) in [5.74, 6) is 0.940. The van der Waals surface area contributed by atoms with E-state index in [0.717, 1.165) is 35.2 Å². The quantitative estimate of drug-likeness (QED) is 0.249. The molecule has 4 aromatic rings. The summed E-state index contributed by atoms with van der Waals surface area (Å²) < 4.78 is 44.5. The second-order valence-electron chi connectivity index (χ2n) is 8.31. The van der Waals surface area contributed by atoms with Gasteiger partial charge in [0.15, 0.2) is 0 Å². The second-order valence-corrected chi connectivity index (χ2v) is 8.31. The van der Waals surface area contributed by atoms with E-state index in [9.17, 15) is 18.0 Å². The molecule has 2 aromatic carbocycles. The molecule has 2 heterocycles. The van der Waals surface area contributed by atoms with Crippen molar-refractivity contribution in [3.05, 3.63) is 83.8 Å². The van der Waals surface area contributed by atoms with Crippen molar-refractivity contribution < 1.29 is 22.7 Å². The van der Waals surface area contributed by atoms with Gasteiger partial charge in [-0.1, -0.05) is 26.0 Å². The van der Waals surface area contributed by atoms with Crippen molar-refractivity contribution in [2.45, 2.75) is 32.9 Å². The van der Waals surface area contributed by atoms with Gasteiger partial charge in [-0.25, -0.2) is 19.7 Å². The Balaban J connectivity index is 1.37. The molecule has 0 spiro atoms. The fourth-order valence-corrected chi connectivity index (χ4v) is 3.65. The summed E-state index contributed by atoms with van der Waals surface area (Å²) in [6.45, 7) is 3.75. The predicted octanol–water partition coefficient (Wildman–Crippen LogP) is 6.70. The largest absolute Gasteiger partial charge is 0.424 e. The zero-order valence-corrected chi connectivity index (χ0v) is 20.6. The molecule has 0 unspecified atom stereocenters. The van der Waals surface area contributed by atoms with Crippen LogP contribution in [0.4, 0.5) is 35.2 Å². The van der Waals surface area contributed by atoms with Crippen LogP contribution < -0.4 is 21.1 Å². The van der Waals surface area contributed by atoms with Crippen molar-refractivity contribution >= 4 is 23.2 Å². The third kappa shape index (κ3) is 6.36. The summed E-state index contributed by atoms with van der Waals surface area (Å²) in [4.78, 5) is 24.8. The summed E-state index contributed by atoms with van der Waals surface area (Å²) in [6, 6.07) is 11.8. The number of amides is 2. The Kier molecular flexibility index (Phi) is 7.75. The third-order valence-electron chi connectivity index (χ3n) is 5.71. The van der Waals surface area contributed by atoms with Crippen molar-refractivity contribution in [2.75, 3.05) is 16.4 Å². The lowest BCUT2D eigenvalue weighted by molar-refractivity contribution is -0.137. The maximum Gasteiger partial charge on any atom is 0.416 e. The molecular weight excluding hydrogens is 497 g/mol. The molecule has 0 aliphatic rings. The van der Waals surface area contributed by atoms with Crippen LogP contribution in [0.15, 0.2) is 67.1 Å². The summed E-state index contributed by atoms with van der Waals surface area (Å²) >= 11 is 0. The lowest BCUT2D eigenvalue weighted by atomic mass is 10.0. The van der Waals surface area contributed by atoms with Crippen molar-refractivity contribution in [1.82, 2.24) is 15.0 Å². The third-order valence-corrected chi connectivity index (χ3v) is 5.71. The zero-order valence-electron chi connectivity index (χ0n) is 20.6. The molecule has 4 N–H and O–H groups in total. The molecule has 196 valence electrons. The number of nitrogens with one attached hydrogen (secondary N) is 2. The number of hydrogen-bond donors (Lipinski definition) is 3. The minimum Gasteiger partial charge on any atom is -0.424 e.